The number of carbonyl (C=O) groups is 1. The molecule has 0 bridgehead atoms. The van der Waals surface area contributed by atoms with Gasteiger partial charge in [-0.25, -0.2) is 4.79 Å². The summed E-state index contributed by atoms with van der Waals surface area (Å²) in [7, 11) is 0. The van der Waals surface area contributed by atoms with Gasteiger partial charge >= 0.3 is 6.09 Å². The third-order valence-electron chi connectivity index (χ3n) is 3.94. The number of hydrogen-bond donors (Lipinski definition) is 1. The Labute approximate surface area is 121 Å². The van der Waals surface area contributed by atoms with E-state index in [0.717, 1.165) is 38.5 Å². The number of amides is 1. The van der Waals surface area contributed by atoms with E-state index in [0.29, 0.717) is 6.61 Å². The SMILES string of the molecule is CC(C)(C)OC(=O)NC1CCCC2(CCC=CCO2)C1. The molecule has 2 atom stereocenters. The van der Waals surface area contributed by atoms with Crippen molar-refractivity contribution in [3.05, 3.63) is 12.2 Å². The molecule has 0 radical (unpaired) electrons. The highest BCUT2D eigenvalue weighted by Crippen LogP contribution is 2.37. The summed E-state index contributed by atoms with van der Waals surface area (Å²) in [6.07, 6.45) is 10.2. The van der Waals surface area contributed by atoms with Crippen molar-refractivity contribution in [1.29, 1.82) is 0 Å². The molecule has 1 N–H and O–H groups in total. The first-order valence-corrected chi connectivity index (χ1v) is 7.67. The fraction of sp³-hybridized carbons (Fsp3) is 0.812. The summed E-state index contributed by atoms with van der Waals surface area (Å²) in [6, 6.07) is 0.164. The molecule has 2 aliphatic rings. The maximum absolute atomic E-state index is 11.9. The maximum atomic E-state index is 11.9. The Morgan fingerprint density at radius 1 is 1.35 bits per heavy atom. The van der Waals surface area contributed by atoms with Gasteiger partial charge in [-0.3, -0.25) is 0 Å². The van der Waals surface area contributed by atoms with Crippen LogP contribution < -0.4 is 5.32 Å². The minimum absolute atomic E-state index is 0.0541. The van der Waals surface area contributed by atoms with Crippen molar-refractivity contribution in [1.82, 2.24) is 5.32 Å². The second kappa shape index (κ2) is 6.17. The van der Waals surface area contributed by atoms with Crippen molar-refractivity contribution in [2.24, 2.45) is 0 Å². The monoisotopic (exact) mass is 281 g/mol. The van der Waals surface area contributed by atoms with Crippen LogP contribution in [0.5, 0.6) is 0 Å². The van der Waals surface area contributed by atoms with E-state index in [1.807, 2.05) is 20.8 Å². The van der Waals surface area contributed by atoms with Crippen molar-refractivity contribution in [3.63, 3.8) is 0 Å². The first-order chi connectivity index (χ1) is 9.39. The second-order valence-corrected chi connectivity index (χ2v) is 6.94. The predicted octanol–water partition coefficient (Wildman–Crippen LogP) is 3.56. The first kappa shape index (κ1) is 15.4. The van der Waals surface area contributed by atoms with Gasteiger partial charge in [0.25, 0.3) is 0 Å². The van der Waals surface area contributed by atoms with E-state index in [1.165, 1.54) is 0 Å². The van der Waals surface area contributed by atoms with Crippen LogP contribution in [0.1, 0.15) is 59.3 Å². The van der Waals surface area contributed by atoms with E-state index in [9.17, 15) is 4.79 Å². The summed E-state index contributed by atoms with van der Waals surface area (Å²) < 4.78 is 11.4. The molecule has 0 aromatic rings. The van der Waals surface area contributed by atoms with Gasteiger partial charge in [0.1, 0.15) is 5.60 Å². The molecule has 0 saturated heterocycles. The molecule has 0 aromatic heterocycles. The van der Waals surface area contributed by atoms with E-state index < -0.39 is 5.60 Å². The molecule has 114 valence electrons. The van der Waals surface area contributed by atoms with Gasteiger partial charge in [-0.2, -0.15) is 0 Å². The smallest absolute Gasteiger partial charge is 0.407 e. The Morgan fingerprint density at radius 3 is 2.90 bits per heavy atom. The largest absolute Gasteiger partial charge is 0.444 e. The van der Waals surface area contributed by atoms with Crippen LogP contribution in [0, 0.1) is 0 Å². The number of allylic oxidation sites excluding steroid dienone is 1. The normalized spacial score (nSPS) is 30.9. The third-order valence-corrected chi connectivity index (χ3v) is 3.94. The highest BCUT2D eigenvalue weighted by molar-refractivity contribution is 5.68. The molecule has 1 heterocycles. The van der Waals surface area contributed by atoms with Crippen molar-refractivity contribution >= 4 is 6.09 Å². The fourth-order valence-corrected chi connectivity index (χ4v) is 3.11. The number of nitrogens with one attached hydrogen (secondary N) is 1. The van der Waals surface area contributed by atoms with Crippen LogP contribution in [0.4, 0.5) is 4.79 Å². The van der Waals surface area contributed by atoms with Crippen molar-refractivity contribution in [2.75, 3.05) is 6.61 Å². The van der Waals surface area contributed by atoms with E-state index in [4.69, 9.17) is 9.47 Å². The quantitative estimate of drug-likeness (QED) is 0.748. The lowest BCUT2D eigenvalue weighted by Crippen LogP contribution is -2.48. The number of alkyl carbamates (subject to hydrolysis) is 1. The first-order valence-electron chi connectivity index (χ1n) is 7.67. The molecule has 20 heavy (non-hydrogen) atoms. The molecule has 1 aliphatic heterocycles. The van der Waals surface area contributed by atoms with Crippen molar-refractivity contribution in [3.8, 4) is 0 Å². The topological polar surface area (TPSA) is 47.6 Å². The molecule has 1 spiro atoms. The zero-order valence-corrected chi connectivity index (χ0v) is 12.9. The van der Waals surface area contributed by atoms with Gasteiger partial charge in [0, 0.05) is 6.04 Å². The van der Waals surface area contributed by atoms with Gasteiger partial charge in [0.05, 0.1) is 12.2 Å². The Bertz CT molecular complexity index is 360. The summed E-state index contributed by atoms with van der Waals surface area (Å²) in [6.45, 7) is 6.35. The van der Waals surface area contributed by atoms with E-state index in [-0.39, 0.29) is 17.7 Å². The summed E-state index contributed by atoms with van der Waals surface area (Å²) in [5.41, 5.74) is -0.499. The molecule has 2 rings (SSSR count). The lowest BCUT2D eigenvalue weighted by Gasteiger charge is -2.40. The van der Waals surface area contributed by atoms with Gasteiger partial charge in [0.2, 0.25) is 0 Å². The van der Waals surface area contributed by atoms with Gasteiger partial charge in [0.15, 0.2) is 0 Å². The van der Waals surface area contributed by atoms with E-state index >= 15 is 0 Å². The third kappa shape index (κ3) is 4.51. The molecule has 1 amide bonds. The average molecular weight is 281 g/mol. The van der Waals surface area contributed by atoms with Crippen molar-refractivity contribution < 1.29 is 14.3 Å². The van der Waals surface area contributed by atoms with E-state index in [1.54, 1.807) is 0 Å². The Morgan fingerprint density at radius 2 is 2.15 bits per heavy atom. The molecule has 4 nitrogen and oxygen atoms in total. The number of rotatable bonds is 1. The van der Waals surface area contributed by atoms with Crippen LogP contribution in [-0.2, 0) is 9.47 Å². The Hall–Kier alpha value is -1.03. The van der Waals surface area contributed by atoms with Crippen LogP contribution >= 0.6 is 0 Å². The lowest BCUT2D eigenvalue weighted by atomic mass is 9.79. The Kier molecular flexibility index (Phi) is 4.74. The summed E-state index contributed by atoms with van der Waals surface area (Å²) in [5, 5.41) is 3.01. The van der Waals surface area contributed by atoms with Gasteiger partial charge in [-0.05, 0) is 59.3 Å². The molecule has 1 aliphatic carbocycles. The average Bonchev–Trinajstić information content (AvgIpc) is 2.52. The summed E-state index contributed by atoms with van der Waals surface area (Å²) in [4.78, 5) is 11.9. The minimum Gasteiger partial charge on any atom is -0.444 e. The molecular weight excluding hydrogens is 254 g/mol. The van der Waals surface area contributed by atoms with Gasteiger partial charge in [-0.1, -0.05) is 12.2 Å². The molecule has 1 fully saturated rings. The van der Waals surface area contributed by atoms with E-state index in [2.05, 4.69) is 17.5 Å². The summed E-state index contributed by atoms with van der Waals surface area (Å²) >= 11 is 0. The number of hydrogen-bond acceptors (Lipinski definition) is 3. The zero-order valence-electron chi connectivity index (χ0n) is 12.9. The lowest BCUT2D eigenvalue weighted by molar-refractivity contribution is -0.0673. The molecule has 0 aromatic carbocycles. The van der Waals surface area contributed by atoms with Crippen LogP contribution in [-0.4, -0.2) is 29.9 Å². The molecule has 1 saturated carbocycles. The number of carbonyl (C=O) groups excluding carboxylic acids is 1. The number of ether oxygens (including phenoxy) is 2. The Balaban J connectivity index is 1.88. The summed E-state index contributed by atoms with van der Waals surface area (Å²) in [5.74, 6) is 0. The minimum atomic E-state index is -0.445. The second-order valence-electron chi connectivity index (χ2n) is 6.94. The fourth-order valence-electron chi connectivity index (χ4n) is 3.11. The van der Waals surface area contributed by atoms with Crippen molar-refractivity contribution in [2.45, 2.75) is 76.5 Å². The highest BCUT2D eigenvalue weighted by Gasteiger charge is 2.38. The molecule has 4 heteroatoms. The van der Waals surface area contributed by atoms with Crippen LogP contribution in [0.3, 0.4) is 0 Å². The molecule has 2 unspecified atom stereocenters. The standard InChI is InChI=1S/C16H27NO3/c1-15(2,3)20-14(18)17-13-8-7-10-16(12-13)9-5-4-6-11-19-16/h4,6,13H,5,7-12H2,1-3H3,(H,17,18). The molecular formula is C16H27NO3. The van der Waals surface area contributed by atoms with Gasteiger partial charge < -0.3 is 14.8 Å². The zero-order chi connectivity index (χ0) is 14.6. The highest BCUT2D eigenvalue weighted by atomic mass is 16.6. The van der Waals surface area contributed by atoms with Gasteiger partial charge in [-0.15, -0.1) is 0 Å². The van der Waals surface area contributed by atoms with Crippen LogP contribution in [0.2, 0.25) is 0 Å². The van der Waals surface area contributed by atoms with Crippen LogP contribution in [0.15, 0.2) is 12.2 Å². The predicted molar refractivity (Wildman–Crippen MR) is 78.7 cm³/mol. The maximum Gasteiger partial charge on any atom is 0.407 e. The van der Waals surface area contributed by atoms with Crippen LogP contribution in [0.25, 0.3) is 0 Å².